The molecule has 1 aliphatic heterocycles. The summed E-state index contributed by atoms with van der Waals surface area (Å²) in [6.45, 7) is 8.44. The lowest BCUT2D eigenvalue weighted by Gasteiger charge is -2.41. The fraction of sp³-hybridized carbons (Fsp3) is 0.727. The maximum absolute atomic E-state index is 10.7. The molecule has 4 nitrogen and oxygen atoms in total. The van der Waals surface area contributed by atoms with Gasteiger partial charge in [-0.25, -0.2) is 0 Å². The zero-order chi connectivity index (χ0) is 11.5. The number of nitrogens with two attached hydrogens (primary N) is 1. The molecular weight excluding hydrogens is 190 g/mol. The van der Waals surface area contributed by atoms with Crippen molar-refractivity contribution in [3.63, 3.8) is 0 Å². The summed E-state index contributed by atoms with van der Waals surface area (Å²) in [5.74, 6) is -0.378. The summed E-state index contributed by atoms with van der Waals surface area (Å²) >= 11 is 0. The summed E-state index contributed by atoms with van der Waals surface area (Å²) in [5.41, 5.74) is 5.01. The van der Waals surface area contributed by atoms with E-state index in [4.69, 9.17) is 5.73 Å². The molecular formula is C11H21N3O. The number of amides is 1. The SMILES string of the molecule is CN1CCN(C(C)(C)/C=C/C(N)=O)CC1. The molecule has 1 fully saturated rings. The van der Waals surface area contributed by atoms with Crippen molar-refractivity contribution < 1.29 is 4.79 Å². The molecule has 0 saturated carbocycles. The van der Waals surface area contributed by atoms with E-state index in [1.54, 1.807) is 0 Å². The fourth-order valence-electron chi connectivity index (χ4n) is 1.77. The van der Waals surface area contributed by atoms with Gasteiger partial charge >= 0.3 is 0 Å². The first-order valence-electron chi connectivity index (χ1n) is 5.34. The van der Waals surface area contributed by atoms with Crippen LogP contribution in [0, 0.1) is 0 Å². The lowest BCUT2D eigenvalue weighted by atomic mass is 10.0. The van der Waals surface area contributed by atoms with Crippen LogP contribution >= 0.6 is 0 Å². The second kappa shape index (κ2) is 4.77. The molecule has 0 aromatic heterocycles. The first-order valence-corrected chi connectivity index (χ1v) is 5.34. The van der Waals surface area contributed by atoms with Crippen molar-refractivity contribution in [1.29, 1.82) is 0 Å². The molecule has 0 radical (unpaired) electrons. The normalized spacial score (nSPS) is 21.0. The Kier molecular flexibility index (Phi) is 3.88. The zero-order valence-corrected chi connectivity index (χ0v) is 9.86. The summed E-state index contributed by atoms with van der Waals surface area (Å²) in [6.07, 6.45) is 3.35. The van der Waals surface area contributed by atoms with Crippen molar-refractivity contribution >= 4 is 5.91 Å². The van der Waals surface area contributed by atoms with Gasteiger partial charge in [-0.05, 0) is 20.9 Å². The van der Waals surface area contributed by atoms with Gasteiger partial charge < -0.3 is 10.6 Å². The summed E-state index contributed by atoms with van der Waals surface area (Å²) in [4.78, 5) is 15.4. The molecule has 86 valence electrons. The van der Waals surface area contributed by atoms with Crippen LogP contribution in [0.1, 0.15) is 13.8 Å². The highest BCUT2D eigenvalue weighted by Gasteiger charge is 2.26. The Labute approximate surface area is 91.7 Å². The van der Waals surface area contributed by atoms with E-state index < -0.39 is 0 Å². The molecule has 1 heterocycles. The van der Waals surface area contributed by atoms with Gasteiger partial charge in [-0.1, -0.05) is 6.08 Å². The van der Waals surface area contributed by atoms with E-state index in [-0.39, 0.29) is 11.4 Å². The van der Waals surface area contributed by atoms with Gasteiger partial charge in [-0.3, -0.25) is 9.69 Å². The number of nitrogens with zero attached hydrogens (tertiary/aromatic N) is 2. The van der Waals surface area contributed by atoms with Crippen molar-refractivity contribution in [2.45, 2.75) is 19.4 Å². The molecule has 0 aromatic carbocycles. The van der Waals surface area contributed by atoms with Crippen LogP contribution in [0.3, 0.4) is 0 Å². The Hall–Kier alpha value is -0.870. The fourth-order valence-corrected chi connectivity index (χ4v) is 1.77. The number of primary amides is 1. The standard InChI is InChI=1S/C11H21N3O/c1-11(2,5-4-10(12)15)14-8-6-13(3)7-9-14/h4-5H,6-9H2,1-3H3,(H2,12,15)/b5-4+. The number of hydrogen-bond acceptors (Lipinski definition) is 3. The van der Waals surface area contributed by atoms with Gasteiger partial charge in [0, 0.05) is 37.8 Å². The lowest BCUT2D eigenvalue weighted by molar-refractivity contribution is -0.113. The van der Waals surface area contributed by atoms with Crippen LogP contribution < -0.4 is 5.73 Å². The second-order valence-electron chi connectivity index (χ2n) is 4.68. The van der Waals surface area contributed by atoms with E-state index in [0.717, 1.165) is 26.2 Å². The second-order valence-corrected chi connectivity index (χ2v) is 4.68. The van der Waals surface area contributed by atoms with Crippen LogP contribution in [-0.2, 0) is 4.79 Å². The first kappa shape index (κ1) is 12.2. The predicted octanol–water partition coefficient (Wildman–Crippen LogP) is 0.0539. The highest BCUT2D eigenvalue weighted by molar-refractivity contribution is 5.85. The van der Waals surface area contributed by atoms with Crippen LogP contribution in [-0.4, -0.2) is 54.5 Å². The van der Waals surface area contributed by atoms with E-state index in [2.05, 4.69) is 30.7 Å². The van der Waals surface area contributed by atoms with E-state index in [1.807, 2.05) is 6.08 Å². The number of piperazine rings is 1. The topological polar surface area (TPSA) is 49.6 Å². The number of rotatable bonds is 3. The van der Waals surface area contributed by atoms with Gasteiger partial charge in [-0.2, -0.15) is 0 Å². The molecule has 2 N–H and O–H groups in total. The smallest absolute Gasteiger partial charge is 0.241 e. The van der Waals surface area contributed by atoms with Gasteiger partial charge in [0.15, 0.2) is 0 Å². The zero-order valence-electron chi connectivity index (χ0n) is 9.86. The summed E-state index contributed by atoms with van der Waals surface area (Å²) in [7, 11) is 2.13. The molecule has 4 heteroatoms. The lowest BCUT2D eigenvalue weighted by Crippen LogP contribution is -2.52. The third kappa shape index (κ3) is 3.64. The van der Waals surface area contributed by atoms with Crippen LogP contribution in [0.2, 0.25) is 0 Å². The molecule has 0 aromatic rings. The van der Waals surface area contributed by atoms with Gasteiger partial charge in [-0.15, -0.1) is 0 Å². The average molecular weight is 211 g/mol. The average Bonchev–Trinajstić information content (AvgIpc) is 2.16. The van der Waals surface area contributed by atoms with E-state index in [0.29, 0.717) is 0 Å². The van der Waals surface area contributed by atoms with Crippen molar-refractivity contribution in [1.82, 2.24) is 9.80 Å². The quantitative estimate of drug-likeness (QED) is 0.671. The van der Waals surface area contributed by atoms with Gasteiger partial charge in [0.2, 0.25) is 5.91 Å². The molecule has 1 rings (SSSR count). The van der Waals surface area contributed by atoms with Crippen LogP contribution in [0.25, 0.3) is 0 Å². The molecule has 1 saturated heterocycles. The monoisotopic (exact) mass is 211 g/mol. The van der Waals surface area contributed by atoms with Crippen LogP contribution in [0.4, 0.5) is 0 Å². The minimum atomic E-state index is -0.378. The Balaban J connectivity index is 2.57. The van der Waals surface area contributed by atoms with E-state index in [1.165, 1.54) is 6.08 Å². The third-order valence-corrected chi connectivity index (χ3v) is 2.97. The van der Waals surface area contributed by atoms with Crippen molar-refractivity contribution in [2.75, 3.05) is 33.2 Å². The number of likely N-dealkylation sites (N-methyl/N-ethyl adjacent to an activating group) is 1. The van der Waals surface area contributed by atoms with Crippen molar-refractivity contribution in [2.24, 2.45) is 5.73 Å². The Bertz CT molecular complexity index is 253. The minimum absolute atomic E-state index is 0.0870. The van der Waals surface area contributed by atoms with Gasteiger partial charge in [0.05, 0.1) is 0 Å². The van der Waals surface area contributed by atoms with Crippen molar-refractivity contribution in [3.05, 3.63) is 12.2 Å². The summed E-state index contributed by atoms with van der Waals surface area (Å²) < 4.78 is 0. The summed E-state index contributed by atoms with van der Waals surface area (Å²) in [6, 6.07) is 0. The highest BCUT2D eigenvalue weighted by atomic mass is 16.1. The van der Waals surface area contributed by atoms with Gasteiger partial charge in [0.1, 0.15) is 0 Å². The molecule has 0 bridgehead atoms. The number of carbonyl (C=O) groups is 1. The van der Waals surface area contributed by atoms with Crippen LogP contribution in [0.15, 0.2) is 12.2 Å². The molecule has 0 spiro atoms. The molecule has 15 heavy (non-hydrogen) atoms. The highest BCUT2D eigenvalue weighted by Crippen LogP contribution is 2.17. The maximum atomic E-state index is 10.7. The third-order valence-electron chi connectivity index (χ3n) is 2.97. The molecule has 0 aliphatic carbocycles. The van der Waals surface area contributed by atoms with Crippen LogP contribution in [0.5, 0.6) is 0 Å². The summed E-state index contributed by atoms with van der Waals surface area (Å²) in [5, 5.41) is 0. The predicted molar refractivity (Wildman–Crippen MR) is 61.5 cm³/mol. The Morgan fingerprint density at radius 1 is 1.27 bits per heavy atom. The molecule has 0 atom stereocenters. The van der Waals surface area contributed by atoms with Gasteiger partial charge in [0.25, 0.3) is 0 Å². The Morgan fingerprint density at radius 2 is 1.80 bits per heavy atom. The molecule has 0 unspecified atom stereocenters. The number of carbonyl (C=O) groups excluding carboxylic acids is 1. The van der Waals surface area contributed by atoms with E-state index in [9.17, 15) is 4.79 Å². The maximum Gasteiger partial charge on any atom is 0.241 e. The molecule has 1 amide bonds. The van der Waals surface area contributed by atoms with E-state index >= 15 is 0 Å². The molecule has 1 aliphatic rings. The largest absolute Gasteiger partial charge is 0.366 e. The number of hydrogen-bond donors (Lipinski definition) is 1. The Morgan fingerprint density at radius 3 is 2.27 bits per heavy atom. The minimum Gasteiger partial charge on any atom is -0.366 e. The first-order chi connectivity index (χ1) is 6.92. The van der Waals surface area contributed by atoms with Crippen molar-refractivity contribution in [3.8, 4) is 0 Å².